The second kappa shape index (κ2) is 9.88. The molecule has 1 fully saturated rings. The molecular weight excluding hydrogens is 302 g/mol. The van der Waals surface area contributed by atoms with E-state index in [1.165, 1.54) is 39.3 Å². The van der Waals surface area contributed by atoms with E-state index in [0.29, 0.717) is 6.54 Å². The van der Waals surface area contributed by atoms with E-state index in [1.54, 1.807) is 12.2 Å². The van der Waals surface area contributed by atoms with Crippen LogP contribution in [0.1, 0.15) is 38.2 Å². The topological polar surface area (TPSA) is 61.4 Å². The van der Waals surface area contributed by atoms with Crippen LogP contribution in [0.15, 0.2) is 30.3 Å². The molecular formula is C19H27N3O2. The predicted octanol–water partition coefficient (Wildman–Crippen LogP) is 2.65. The summed E-state index contributed by atoms with van der Waals surface area (Å²) >= 11 is 0. The van der Waals surface area contributed by atoms with Gasteiger partial charge in [-0.25, -0.2) is 0 Å². The van der Waals surface area contributed by atoms with E-state index < -0.39 is 0 Å². The zero-order chi connectivity index (χ0) is 17.2. The Kier molecular flexibility index (Phi) is 7.49. The molecule has 0 atom stereocenters. The summed E-state index contributed by atoms with van der Waals surface area (Å²) in [4.78, 5) is 25.2. The van der Waals surface area contributed by atoms with E-state index in [2.05, 4.69) is 15.5 Å². The zero-order valence-electron chi connectivity index (χ0n) is 14.4. The molecule has 5 nitrogen and oxygen atoms in total. The molecule has 0 radical (unpaired) electrons. The fourth-order valence-corrected chi connectivity index (χ4v) is 2.81. The van der Waals surface area contributed by atoms with Crippen LogP contribution in [-0.4, -0.2) is 42.9 Å². The summed E-state index contributed by atoms with van der Waals surface area (Å²) in [6, 6.07) is 7.37. The first-order valence-corrected chi connectivity index (χ1v) is 8.69. The number of carbonyl (C=O) groups is 2. The molecule has 5 heteroatoms. The maximum absolute atomic E-state index is 11.8. The number of nitrogens with one attached hydrogen (secondary N) is 2. The Balaban J connectivity index is 1.65. The minimum Gasteiger partial charge on any atom is -0.353 e. The highest BCUT2D eigenvalue weighted by atomic mass is 16.2. The summed E-state index contributed by atoms with van der Waals surface area (Å²) in [5, 5.41) is 5.63. The normalized spacial score (nSPS) is 15.4. The molecule has 2 N–H and O–H groups in total. The lowest BCUT2D eigenvalue weighted by Crippen LogP contribution is -2.33. The van der Waals surface area contributed by atoms with Crippen molar-refractivity contribution in [3.8, 4) is 0 Å². The average molecular weight is 329 g/mol. The molecule has 0 aliphatic carbocycles. The second-order valence-corrected chi connectivity index (χ2v) is 6.18. The number of hydrogen-bond donors (Lipinski definition) is 2. The Morgan fingerprint density at radius 3 is 2.50 bits per heavy atom. The SMILES string of the molecule is CC(=O)Nc1ccc(/C=C/C(=O)NCCCN2CCCCC2)cc1. The monoisotopic (exact) mass is 329 g/mol. The summed E-state index contributed by atoms with van der Waals surface area (Å²) in [5.41, 5.74) is 1.68. The number of piperidine rings is 1. The molecule has 2 rings (SSSR count). The number of rotatable bonds is 7. The van der Waals surface area contributed by atoms with Gasteiger partial charge in [0.25, 0.3) is 0 Å². The minimum atomic E-state index is -0.0952. The number of hydrogen-bond acceptors (Lipinski definition) is 3. The predicted molar refractivity (Wildman–Crippen MR) is 97.7 cm³/mol. The van der Waals surface area contributed by atoms with E-state index in [9.17, 15) is 9.59 Å². The Labute approximate surface area is 144 Å². The second-order valence-electron chi connectivity index (χ2n) is 6.18. The van der Waals surface area contributed by atoms with Crippen LogP contribution in [-0.2, 0) is 9.59 Å². The molecule has 130 valence electrons. The fraction of sp³-hybridized carbons (Fsp3) is 0.474. The van der Waals surface area contributed by atoms with E-state index in [-0.39, 0.29) is 11.8 Å². The van der Waals surface area contributed by atoms with E-state index in [4.69, 9.17) is 0 Å². The Bertz CT molecular complexity index is 560. The van der Waals surface area contributed by atoms with E-state index in [0.717, 1.165) is 24.2 Å². The van der Waals surface area contributed by atoms with Crippen LogP contribution >= 0.6 is 0 Å². The Hall–Kier alpha value is -2.14. The van der Waals surface area contributed by atoms with Crippen LogP contribution in [0.25, 0.3) is 6.08 Å². The van der Waals surface area contributed by atoms with Crippen molar-refractivity contribution in [2.75, 3.05) is 31.5 Å². The quantitative estimate of drug-likeness (QED) is 0.597. The van der Waals surface area contributed by atoms with Crippen molar-refractivity contribution < 1.29 is 9.59 Å². The first-order valence-electron chi connectivity index (χ1n) is 8.69. The first kappa shape index (κ1) is 18.2. The number of likely N-dealkylation sites (tertiary alicyclic amines) is 1. The van der Waals surface area contributed by atoms with Crippen LogP contribution in [0.3, 0.4) is 0 Å². The average Bonchev–Trinajstić information content (AvgIpc) is 2.58. The first-order chi connectivity index (χ1) is 11.6. The van der Waals surface area contributed by atoms with Crippen molar-refractivity contribution in [1.82, 2.24) is 10.2 Å². The van der Waals surface area contributed by atoms with Crippen LogP contribution in [0.5, 0.6) is 0 Å². The number of benzene rings is 1. The molecule has 0 bridgehead atoms. The Morgan fingerprint density at radius 2 is 1.83 bits per heavy atom. The van der Waals surface area contributed by atoms with Gasteiger partial charge in [0, 0.05) is 25.2 Å². The van der Waals surface area contributed by atoms with Gasteiger partial charge in [0.2, 0.25) is 11.8 Å². The van der Waals surface area contributed by atoms with E-state index >= 15 is 0 Å². The van der Waals surface area contributed by atoms with Gasteiger partial charge in [-0.1, -0.05) is 18.6 Å². The molecule has 1 aliphatic heterocycles. The van der Waals surface area contributed by atoms with Crippen molar-refractivity contribution >= 4 is 23.6 Å². The molecule has 24 heavy (non-hydrogen) atoms. The lowest BCUT2D eigenvalue weighted by atomic mass is 10.1. The van der Waals surface area contributed by atoms with Crippen molar-refractivity contribution in [1.29, 1.82) is 0 Å². The highest BCUT2D eigenvalue weighted by Gasteiger charge is 2.08. The van der Waals surface area contributed by atoms with Gasteiger partial charge >= 0.3 is 0 Å². The maximum Gasteiger partial charge on any atom is 0.243 e. The van der Waals surface area contributed by atoms with Gasteiger partial charge in [-0.2, -0.15) is 0 Å². The third kappa shape index (κ3) is 6.96. The maximum atomic E-state index is 11.8. The van der Waals surface area contributed by atoms with Gasteiger partial charge in [0.05, 0.1) is 0 Å². The Morgan fingerprint density at radius 1 is 1.12 bits per heavy atom. The van der Waals surface area contributed by atoms with Gasteiger partial charge in [-0.15, -0.1) is 0 Å². The van der Waals surface area contributed by atoms with Gasteiger partial charge in [-0.3, -0.25) is 9.59 Å². The van der Waals surface area contributed by atoms with Crippen molar-refractivity contribution in [3.05, 3.63) is 35.9 Å². The molecule has 1 aromatic rings. The van der Waals surface area contributed by atoms with Crippen LogP contribution in [0, 0.1) is 0 Å². The largest absolute Gasteiger partial charge is 0.353 e. The molecule has 1 aliphatic rings. The smallest absolute Gasteiger partial charge is 0.243 e. The van der Waals surface area contributed by atoms with Gasteiger partial charge in [0.1, 0.15) is 0 Å². The number of nitrogens with zero attached hydrogens (tertiary/aromatic N) is 1. The summed E-state index contributed by atoms with van der Waals surface area (Å²) in [7, 11) is 0. The van der Waals surface area contributed by atoms with Crippen molar-refractivity contribution in [2.45, 2.75) is 32.6 Å². The number of carbonyl (C=O) groups excluding carboxylic acids is 2. The highest BCUT2D eigenvalue weighted by molar-refractivity contribution is 5.92. The number of amides is 2. The third-order valence-electron chi connectivity index (χ3n) is 4.06. The van der Waals surface area contributed by atoms with Crippen LogP contribution < -0.4 is 10.6 Å². The van der Waals surface area contributed by atoms with Crippen molar-refractivity contribution in [3.63, 3.8) is 0 Å². The van der Waals surface area contributed by atoms with Crippen LogP contribution in [0.4, 0.5) is 5.69 Å². The summed E-state index contributed by atoms with van der Waals surface area (Å²) < 4.78 is 0. The van der Waals surface area contributed by atoms with Gasteiger partial charge < -0.3 is 15.5 Å². The minimum absolute atomic E-state index is 0.0698. The van der Waals surface area contributed by atoms with Gasteiger partial charge in [-0.05, 0) is 62.7 Å². The standard InChI is InChI=1S/C19H27N3O2/c1-16(23)21-18-9-6-17(7-10-18)8-11-19(24)20-12-5-15-22-13-3-2-4-14-22/h6-11H,2-5,12-15H2,1H3,(H,20,24)(H,21,23)/b11-8+. The van der Waals surface area contributed by atoms with Crippen molar-refractivity contribution in [2.24, 2.45) is 0 Å². The summed E-state index contributed by atoms with van der Waals surface area (Å²) in [5.74, 6) is -0.165. The molecule has 2 amide bonds. The lowest BCUT2D eigenvalue weighted by Gasteiger charge is -2.26. The summed E-state index contributed by atoms with van der Waals surface area (Å²) in [6.45, 7) is 5.64. The van der Waals surface area contributed by atoms with Crippen LogP contribution in [0.2, 0.25) is 0 Å². The molecule has 1 saturated heterocycles. The molecule has 0 spiro atoms. The highest BCUT2D eigenvalue weighted by Crippen LogP contribution is 2.11. The molecule has 1 heterocycles. The molecule has 0 saturated carbocycles. The van der Waals surface area contributed by atoms with E-state index in [1.807, 2.05) is 24.3 Å². The lowest BCUT2D eigenvalue weighted by molar-refractivity contribution is -0.116. The van der Waals surface area contributed by atoms with Gasteiger partial charge in [0.15, 0.2) is 0 Å². The zero-order valence-corrected chi connectivity index (χ0v) is 14.4. The fourth-order valence-electron chi connectivity index (χ4n) is 2.81. The molecule has 1 aromatic carbocycles. The summed E-state index contributed by atoms with van der Waals surface area (Å²) in [6.07, 6.45) is 8.27. The number of anilines is 1. The third-order valence-corrected chi connectivity index (χ3v) is 4.06. The molecule has 0 aromatic heterocycles. The molecule has 0 unspecified atom stereocenters.